The topological polar surface area (TPSA) is 97.0 Å². The van der Waals surface area contributed by atoms with Gasteiger partial charge >= 0.3 is 0 Å². The summed E-state index contributed by atoms with van der Waals surface area (Å²) in [5, 5.41) is 14.7. The van der Waals surface area contributed by atoms with Crippen LogP contribution >= 0.6 is 11.6 Å². The second kappa shape index (κ2) is 8.57. The van der Waals surface area contributed by atoms with Gasteiger partial charge in [0, 0.05) is 34.6 Å². The number of nitrogen functional groups attached to an aromatic ring is 1. The van der Waals surface area contributed by atoms with Gasteiger partial charge in [-0.2, -0.15) is 0 Å². The Balaban J connectivity index is 1.79. The van der Waals surface area contributed by atoms with Crippen LogP contribution in [0.2, 0.25) is 5.02 Å². The van der Waals surface area contributed by atoms with Crippen LogP contribution < -0.4 is 11.1 Å². The van der Waals surface area contributed by atoms with Gasteiger partial charge < -0.3 is 16.2 Å². The van der Waals surface area contributed by atoms with Crippen LogP contribution in [0, 0.1) is 12.7 Å². The lowest BCUT2D eigenvalue weighted by Crippen LogP contribution is -2.19. The van der Waals surface area contributed by atoms with Crippen molar-refractivity contribution < 1.29 is 9.50 Å². The van der Waals surface area contributed by atoms with Gasteiger partial charge in [0.25, 0.3) is 0 Å². The first-order valence-electron chi connectivity index (χ1n) is 10.5. The predicted octanol–water partition coefficient (Wildman–Crippen LogP) is 5.78. The van der Waals surface area contributed by atoms with E-state index in [0.29, 0.717) is 33.5 Å². The highest BCUT2D eigenvalue weighted by atomic mass is 35.5. The lowest BCUT2D eigenvalue weighted by Gasteiger charge is -2.20. The van der Waals surface area contributed by atoms with Crippen molar-refractivity contribution in [1.29, 1.82) is 0 Å². The summed E-state index contributed by atoms with van der Waals surface area (Å²) in [5.74, 6) is -0.00661. The molecule has 4 rings (SSSR count). The van der Waals surface area contributed by atoms with Crippen LogP contribution in [0.1, 0.15) is 43.9 Å². The average Bonchev–Trinajstić information content (AvgIpc) is 2.77. The molecule has 6 nitrogen and oxygen atoms in total. The number of halogens is 2. The van der Waals surface area contributed by atoms with Crippen molar-refractivity contribution in [3.05, 3.63) is 76.7 Å². The molecule has 2 heterocycles. The molecule has 0 saturated heterocycles. The zero-order valence-corrected chi connectivity index (χ0v) is 19.6. The smallest absolute Gasteiger partial charge is 0.159 e. The van der Waals surface area contributed by atoms with Gasteiger partial charge in [-0.25, -0.2) is 14.4 Å². The summed E-state index contributed by atoms with van der Waals surface area (Å²) >= 11 is 6.65. The van der Waals surface area contributed by atoms with E-state index >= 15 is 0 Å². The summed E-state index contributed by atoms with van der Waals surface area (Å²) in [4.78, 5) is 13.2. The van der Waals surface area contributed by atoms with Gasteiger partial charge in [0.2, 0.25) is 0 Å². The number of nitrogens with zero attached hydrogens (tertiary/aromatic N) is 3. The van der Waals surface area contributed by atoms with E-state index in [0.717, 1.165) is 22.0 Å². The molecule has 1 atom stereocenters. The van der Waals surface area contributed by atoms with Crippen molar-refractivity contribution in [2.45, 2.75) is 39.3 Å². The summed E-state index contributed by atoms with van der Waals surface area (Å²) in [6, 6.07) is 9.88. The number of pyridine rings is 1. The SMILES string of the molecule is Cc1nc2ccc(-c3cnc(C(C)(C)O)nc3)cc2c(N[C@H](C)c2cc(N)ccc2F)c1Cl. The Morgan fingerprint density at radius 3 is 2.45 bits per heavy atom. The summed E-state index contributed by atoms with van der Waals surface area (Å²) in [5.41, 5.74) is 9.38. The number of anilines is 2. The molecular formula is C25H25ClFN5O. The summed E-state index contributed by atoms with van der Waals surface area (Å²) in [6.07, 6.45) is 3.34. The molecule has 0 saturated carbocycles. The Morgan fingerprint density at radius 1 is 1.09 bits per heavy atom. The molecule has 33 heavy (non-hydrogen) atoms. The fraction of sp³-hybridized carbons (Fsp3) is 0.240. The zero-order chi connectivity index (χ0) is 23.9. The normalized spacial score (nSPS) is 12.7. The third-order valence-corrected chi connectivity index (χ3v) is 5.93. The first kappa shape index (κ1) is 22.9. The summed E-state index contributed by atoms with van der Waals surface area (Å²) in [7, 11) is 0. The van der Waals surface area contributed by atoms with E-state index in [2.05, 4.69) is 20.3 Å². The number of aliphatic hydroxyl groups is 1. The molecule has 0 radical (unpaired) electrons. The lowest BCUT2D eigenvalue weighted by atomic mass is 10.0. The number of hydrogen-bond acceptors (Lipinski definition) is 6. The molecule has 4 N–H and O–H groups in total. The number of nitrogens with one attached hydrogen (secondary N) is 1. The maximum atomic E-state index is 14.4. The van der Waals surface area contributed by atoms with Gasteiger partial charge in [0.05, 0.1) is 28.0 Å². The lowest BCUT2D eigenvalue weighted by molar-refractivity contribution is 0.0687. The van der Waals surface area contributed by atoms with Crippen molar-refractivity contribution in [3.63, 3.8) is 0 Å². The van der Waals surface area contributed by atoms with Crippen LogP contribution in [-0.2, 0) is 5.60 Å². The molecule has 0 amide bonds. The Hall–Kier alpha value is -3.29. The van der Waals surface area contributed by atoms with Gasteiger partial charge in [0.1, 0.15) is 11.4 Å². The zero-order valence-electron chi connectivity index (χ0n) is 18.8. The maximum Gasteiger partial charge on any atom is 0.159 e. The van der Waals surface area contributed by atoms with Crippen molar-refractivity contribution in [2.24, 2.45) is 0 Å². The number of fused-ring (bicyclic) bond motifs is 1. The molecule has 8 heteroatoms. The second-order valence-electron chi connectivity index (χ2n) is 8.62. The number of benzene rings is 2. The third kappa shape index (κ3) is 4.60. The minimum absolute atomic E-state index is 0.340. The molecule has 0 unspecified atom stereocenters. The molecule has 0 aliphatic rings. The number of aromatic nitrogens is 3. The molecule has 0 aliphatic heterocycles. The molecule has 170 valence electrons. The minimum Gasteiger partial charge on any atom is -0.399 e. The van der Waals surface area contributed by atoms with E-state index in [1.165, 1.54) is 12.1 Å². The number of aryl methyl sites for hydroxylation is 1. The number of hydrogen-bond donors (Lipinski definition) is 3. The van der Waals surface area contributed by atoms with Crippen molar-refractivity contribution >= 4 is 33.9 Å². The van der Waals surface area contributed by atoms with Crippen LogP contribution in [0.4, 0.5) is 15.8 Å². The van der Waals surface area contributed by atoms with Crippen LogP contribution in [0.25, 0.3) is 22.0 Å². The fourth-order valence-corrected chi connectivity index (χ4v) is 3.86. The molecule has 0 aliphatic carbocycles. The van der Waals surface area contributed by atoms with E-state index in [1.54, 1.807) is 32.3 Å². The molecule has 0 bridgehead atoms. The van der Waals surface area contributed by atoms with Gasteiger partial charge in [-0.3, -0.25) is 4.98 Å². The van der Waals surface area contributed by atoms with E-state index in [4.69, 9.17) is 17.3 Å². The van der Waals surface area contributed by atoms with Crippen molar-refractivity contribution in [3.8, 4) is 11.1 Å². The highest BCUT2D eigenvalue weighted by Crippen LogP contribution is 2.37. The third-order valence-electron chi connectivity index (χ3n) is 5.47. The highest BCUT2D eigenvalue weighted by Gasteiger charge is 2.20. The van der Waals surface area contributed by atoms with Crippen molar-refractivity contribution in [2.75, 3.05) is 11.1 Å². The van der Waals surface area contributed by atoms with E-state index in [-0.39, 0.29) is 5.82 Å². The molecule has 2 aromatic heterocycles. The number of nitrogens with two attached hydrogens (primary N) is 1. The minimum atomic E-state index is -1.12. The molecular weight excluding hydrogens is 441 g/mol. The molecule has 0 fully saturated rings. The first-order valence-corrected chi connectivity index (χ1v) is 10.9. The van der Waals surface area contributed by atoms with Crippen LogP contribution in [-0.4, -0.2) is 20.1 Å². The van der Waals surface area contributed by atoms with Gasteiger partial charge in [0.15, 0.2) is 5.82 Å². The fourth-order valence-electron chi connectivity index (χ4n) is 3.66. The summed E-state index contributed by atoms with van der Waals surface area (Å²) in [6.45, 7) is 6.95. The number of rotatable bonds is 5. The second-order valence-corrected chi connectivity index (χ2v) is 9.00. The highest BCUT2D eigenvalue weighted by molar-refractivity contribution is 6.35. The van der Waals surface area contributed by atoms with E-state index < -0.39 is 11.6 Å². The van der Waals surface area contributed by atoms with Crippen LogP contribution in [0.15, 0.2) is 48.8 Å². The van der Waals surface area contributed by atoms with Crippen molar-refractivity contribution in [1.82, 2.24) is 15.0 Å². The molecule has 0 spiro atoms. The average molecular weight is 466 g/mol. The molecule has 4 aromatic rings. The largest absolute Gasteiger partial charge is 0.399 e. The first-order chi connectivity index (χ1) is 15.5. The standard InChI is InChI=1S/C25H25ClFN5O/c1-13(18-10-17(28)6-7-20(18)27)32-23-19-9-15(5-8-21(19)31-14(2)22(23)26)16-11-29-24(30-12-16)25(3,4)33/h5-13,33H,28H2,1-4H3,(H,31,32)/t13-/m1/s1. The van der Waals surface area contributed by atoms with Crippen LogP contribution in [0.5, 0.6) is 0 Å². The van der Waals surface area contributed by atoms with Crippen LogP contribution in [0.3, 0.4) is 0 Å². The monoisotopic (exact) mass is 465 g/mol. The Morgan fingerprint density at radius 2 is 1.79 bits per heavy atom. The Kier molecular flexibility index (Phi) is 5.95. The van der Waals surface area contributed by atoms with Gasteiger partial charge in [-0.05, 0) is 63.6 Å². The predicted molar refractivity (Wildman–Crippen MR) is 131 cm³/mol. The quantitative estimate of drug-likeness (QED) is 0.323. The van der Waals surface area contributed by atoms with E-state index in [9.17, 15) is 9.50 Å². The Labute approximate surface area is 196 Å². The maximum absolute atomic E-state index is 14.4. The molecule has 2 aromatic carbocycles. The Bertz CT molecular complexity index is 1340. The van der Waals surface area contributed by atoms with Gasteiger partial charge in [-0.15, -0.1) is 0 Å². The van der Waals surface area contributed by atoms with E-state index in [1.807, 2.05) is 32.0 Å². The van der Waals surface area contributed by atoms with Gasteiger partial charge in [-0.1, -0.05) is 17.7 Å². The summed E-state index contributed by atoms with van der Waals surface area (Å²) < 4.78 is 14.4.